The number of nitrogens with one attached hydrogen (secondary N) is 2. The summed E-state index contributed by atoms with van der Waals surface area (Å²) in [5, 5.41) is 6.33. The molecule has 2 N–H and O–H groups in total. The summed E-state index contributed by atoms with van der Waals surface area (Å²) in [5.41, 5.74) is 3.95. The smallest absolute Gasteiger partial charge is 0.255 e. The van der Waals surface area contributed by atoms with Crippen LogP contribution in [0.25, 0.3) is 0 Å². The molecule has 0 unspecified atom stereocenters. The van der Waals surface area contributed by atoms with Gasteiger partial charge in [-0.15, -0.1) is 0 Å². The van der Waals surface area contributed by atoms with Gasteiger partial charge in [0.05, 0.1) is 5.56 Å². The van der Waals surface area contributed by atoms with Crippen LogP contribution in [-0.4, -0.2) is 5.91 Å². The third-order valence-electron chi connectivity index (χ3n) is 3.47. The molecule has 96 valence electrons. The average Bonchev–Trinajstić information content (AvgIpc) is 2.47. The van der Waals surface area contributed by atoms with Crippen molar-refractivity contribution in [3.05, 3.63) is 65.2 Å². The number of carbonyl (C=O) groups excluding carboxylic acids is 1. The Morgan fingerprint density at radius 3 is 2.47 bits per heavy atom. The van der Waals surface area contributed by atoms with Crippen LogP contribution in [0.15, 0.2) is 48.5 Å². The van der Waals surface area contributed by atoms with E-state index in [4.69, 9.17) is 0 Å². The predicted octanol–water partition coefficient (Wildman–Crippen LogP) is 3.10. The molecule has 3 heteroatoms. The first-order chi connectivity index (χ1) is 9.28. The zero-order chi connectivity index (χ0) is 13.2. The topological polar surface area (TPSA) is 41.1 Å². The van der Waals surface area contributed by atoms with Crippen LogP contribution >= 0.6 is 0 Å². The molecule has 0 saturated carbocycles. The Bertz CT molecular complexity index is 604. The first-order valence-electron chi connectivity index (χ1n) is 6.53. The van der Waals surface area contributed by atoms with Gasteiger partial charge in [0.25, 0.3) is 5.91 Å². The van der Waals surface area contributed by atoms with E-state index >= 15 is 0 Å². The van der Waals surface area contributed by atoms with Crippen LogP contribution in [-0.2, 0) is 6.42 Å². The van der Waals surface area contributed by atoms with Crippen molar-refractivity contribution in [2.75, 3.05) is 5.32 Å². The van der Waals surface area contributed by atoms with E-state index in [9.17, 15) is 4.79 Å². The summed E-state index contributed by atoms with van der Waals surface area (Å²) in [6, 6.07) is 15.9. The Hall–Kier alpha value is -2.29. The monoisotopic (exact) mass is 252 g/mol. The van der Waals surface area contributed by atoms with Gasteiger partial charge >= 0.3 is 0 Å². The van der Waals surface area contributed by atoms with Gasteiger partial charge in [-0.2, -0.15) is 0 Å². The lowest BCUT2D eigenvalue weighted by Crippen LogP contribution is -2.38. The number of anilines is 1. The Morgan fingerprint density at radius 1 is 1.00 bits per heavy atom. The summed E-state index contributed by atoms with van der Waals surface area (Å²) in [5.74, 6) is -0.0288. The molecule has 0 spiro atoms. The summed E-state index contributed by atoms with van der Waals surface area (Å²) in [6.45, 7) is 2.13. The highest BCUT2D eigenvalue weighted by molar-refractivity contribution is 6.01. The Labute approximate surface area is 112 Å². The van der Waals surface area contributed by atoms with E-state index < -0.39 is 0 Å². The molecule has 19 heavy (non-hydrogen) atoms. The third kappa shape index (κ3) is 2.19. The number of amides is 1. The summed E-state index contributed by atoms with van der Waals surface area (Å²) in [6.07, 6.45) is 0.862. The second-order valence-corrected chi connectivity index (χ2v) is 4.69. The van der Waals surface area contributed by atoms with Gasteiger partial charge in [0, 0.05) is 5.69 Å². The molecule has 2 aromatic carbocycles. The minimum Gasteiger partial charge on any atom is -0.361 e. The molecule has 1 amide bonds. The molecule has 0 aliphatic carbocycles. The van der Waals surface area contributed by atoms with Gasteiger partial charge in [0.15, 0.2) is 0 Å². The van der Waals surface area contributed by atoms with Gasteiger partial charge in [-0.05, 0) is 29.7 Å². The fraction of sp³-hybridized carbons (Fsp3) is 0.188. The summed E-state index contributed by atoms with van der Waals surface area (Å²) < 4.78 is 0. The number of rotatable bonds is 2. The molecule has 0 bridgehead atoms. The maximum atomic E-state index is 12.0. The number of para-hydroxylation sites is 1. The van der Waals surface area contributed by atoms with Crippen molar-refractivity contribution in [3.8, 4) is 0 Å². The molecule has 3 nitrogen and oxygen atoms in total. The highest BCUT2D eigenvalue weighted by Gasteiger charge is 2.23. The van der Waals surface area contributed by atoms with Gasteiger partial charge in [-0.3, -0.25) is 4.79 Å². The standard InChI is InChI=1S/C16H16N2O/c1-2-11-7-9-12(10-8-11)15-17-14-6-4-3-5-13(14)16(19)18-15/h3-10,15,17H,2H2,1H3,(H,18,19)/t15-/m1/s1. The first-order valence-corrected chi connectivity index (χ1v) is 6.53. The maximum absolute atomic E-state index is 12.0. The van der Waals surface area contributed by atoms with Crippen LogP contribution < -0.4 is 10.6 Å². The number of benzene rings is 2. The van der Waals surface area contributed by atoms with Crippen molar-refractivity contribution in [1.29, 1.82) is 0 Å². The quantitative estimate of drug-likeness (QED) is 0.862. The van der Waals surface area contributed by atoms with Crippen molar-refractivity contribution in [1.82, 2.24) is 5.32 Å². The van der Waals surface area contributed by atoms with Crippen LogP contribution in [0.4, 0.5) is 5.69 Å². The predicted molar refractivity (Wildman–Crippen MR) is 76.1 cm³/mol. The fourth-order valence-electron chi connectivity index (χ4n) is 2.32. The van der Waals surface area contributed by atoms with E-state index in [0.717, 1.165) is 17.7 Å². The largest absolute Gasteiger partial charge is 0.361 e. The molecule has 0 aromatic heterocycles. The van der Waals surface area contributed by atoms with Crippen molar-refractivity contribution in [2.24, 2.45) is 0 Å². The van der Waals surface area contributed by atoms with Crippen molar-refractivity contribution < 1.29 is 4.79 Å². The van der Waals surface area contributed by atoms with Gasteiger partial charge in [-0.1, -0.05) is 43.3 Å². The van der Waals surface area contributed by atoms with E-state index in [1.807, 2.05) is 24.3 Å². The van der Waals surface area contributed by atoms with E-state index in [2.05, 4.69) is 41.8 Å². The SMILES string of the molecule is CCc1ccc([C@H]2NC(=O)c3ccccc3N2)cc1. The average molecular weight is 252 g/mol. The highest BCUT2D eigenvalue weighted by atomic mass is 16.2. The normalized spacial score (nSPS) is 17.3. The first kappa shape index (κ1) is 11.8. The van der Waals surface area contributed by atoms with Crippen LogP contribution in [0.2, 0.25) is 0 Å². The summed E-state index contributed by atoms with van der Waals surface area (Å²) >= 11 is 0. The van der Waals surface area contributed by atoms with Gasteiger partial charge in [0.1, 0.15) is 6.17 Å². The molecule has 1 aliphatic heterocycles. The number of aryl methyl sites for hydroxylation is 1. The molecule has 0 fully saturated rings. The van der Waals surface area contributed by atoms with Gasteiger partial charge in [0.2, 0.25) is 0 Å². The van der Waals surface area contributed by atoms with E-state index in [1.165, 1.54) is 5.56 Å². The second-order valence-electron chi connectivity index (χ2n) is 4.69. The lowest BCUT2D eigenvalue weighted by molar-refractivity contribution is 0.0935. The minimum atomic E-state index is -0.159. The Balaban J connectivity index is 1.90. The van der Waals surface area contributed by atoms with Crippen molar-refractivity contribution in [2.45, 2.75) is 19.5 Å². The van der Waals surface area contributed by atoms with Crippen molar-refractivity contribution >= 4 is 11.6 Å². The lowest BCUT2D eigenvalue weighted by atomic mass is 10.0. The zero-order valence-corrected chi connectivity index (χ0v) is 10.8. The molecular formula is C16H16N2O. The Morgan fingerprint density at radius 2 is 1.74 bits per heavy atom. The van der Waals surface area contributed by atoms with E-state index in [1.54, 1.807) is 0 Å². The maximum Gasteiger partial charge on any atom is 0.255 e. The molecule has 0 radical (unpaired) electrons. The summed E-state index contributed by atoms with van der Waals surface area (Å²) in [4.78, 5) is 12.0. The van der Waals surface area contributed by atoms with Crippen LogP contribution in [0.1, 0.15) is 34.6 Å². The van der Waals surface area contributed by atoms with Crippen molar-refractivity contribution in [3.63, 3.8) is 0 Å². The third-order valence-corrected chi connectivity index (χ3v) is 3.47. The highest BCUT2D eigenvalue weighted by Crippen LogP contribution is 2.26. The number of hydrogen-bond donors (Lipinski definition) is 2. The molecule has 3 rings (SSSR count). The summed E-state index contributed by atoms with van der Waals surface area (Å²) in [7, 11) is 0. The second kappa shape index (κ2) is 4.76. The number of carbonyl (C=O) groups is 1. The molecule has 1 atom stereocenters. The molecule has 1 heterocycles. The van der Waals surface area contributed by atoms with Gasteiger partial charge < -0.3 is 10.6 Å². The van der Waals surface area contributed by atoms with Gasteiger partial charge in [-0.25, -0.2) is 0 Å². The van der Waals surface area contributed by atoms with Crippen LogP contribution in [0, 0.1) is 0 Å². The molecule has 1 aliphatic rings. The van der Waals surface area contributed by atoms with E-state index in [-0.39, 0.29) is 12.1 Å². The fourth-order valence-corrected chi connectivity index (χ4v) is 2.32. The van der Waals surface area contributed by atoms with Crippen LogP contribution in [0.5, 0.6) is 0 Å². The van der Waals surface area contributed by atoms with E-state index in [0.29, 0.717) is 5.56 Å². The minimum absolute atomic E-state index is 0.0288. The van der Waals surface area contributed by atoms with Crippen LogP contribution in [0.3, 0.4) is 0 Å². The number of hydrogen-bond acceptors (Lipinski definition) is 2. The lowest BCUT2D eigenvalue weighted by Gasteiger charge is -2.28. The zero-order valence-electron chi connectivity index (χ0n) is 10.8. The molecule has 2 aromatic rings. The number of fused-ring (bicyclic) bond motifs is 1. The molecular weight excluding hydrogens is 236 g/mol. The molecule has 0 saturated heterocycles. The Kier molecular flexibility index (Phi) is 2.95.